The molecule has 8 rings (SSSR count). The number of imide groups is 1. The minimum Gasteiger partial charge on any atom is -0.497 e. The standard InChI is InChI=1S/C32H23ClN2O3/c1-38-22-15-13-21(14-16-22)35-30(36)28-27-23-9-2-4-11-25(23)32(29(28)31(35)37,26-12-5-3-10-24(26)27)18-34-20-8-6-7-19(33)17-20/h2-18,27-29H,1H3/t27?,28-,29+,32?/m0/s1. The first-order valence-corrected chi connectivity index (χ1v) is 12.9. The van der Waals surface area contributed by atoms with E-state index >= 15 is 0 Å². The number of benzene rings is 4. The topological polar surface area (TPSA) is 59.0 Å². The van der Waals surface area contributed by atoms with Gasteiger partial charge in [-0.3, -0.25) is 14.6 Å². The maximum absolute atomic E-state index is 14.4. The minimum absolute atomic E-state index is 0.181. The van der Waals surface area contributed by atoms with Crippen LogP contribution in [0, 0.1) is 11.8 Å². The lowest BCUT2D eigenvalue weighted by Gasteiger charge is -2.52. The van der Waals surface area contributed by atoms with Crippen molar-refractivity contribution in [2.75, 3.05) is 12.0 Å². The number of methoxy groups -OCH3 is 1. The lowest BCUT2D eigenvalue weighted by molar-refractivity contribution is -0.122. The molecule has 0 unspecified atom stereocenters. The van der Waals surface area contributed by atoms with E-state index in [4.69, 9.17) is 21.3 Å². The Bertz CT molecular complexity index is 1600. The van der Waals surface area contributed by atoms with Gasteiger partial charge in [0.15, 0.2) is 0 Å². The Hall–Kier alpha value is -4.22. The molecule has 3 aliphatic carbocycles. The van der Waals surface area contributed by atoms with Crippen LogP contribution in [0.25, 0.3) is 0 Å². The van der Waals surface area contributed by atoms with Crippen molar-refractivity contribution in [3.8, 4) is 5.75 Å². The maximum atomic E-state index is 14.4. The van der Waals surface area contributed by atoms with Gasteiger partial charge in [-0.2, -0.15) is 0 Å². The SMILES string of the molecule is COc1ccc(N2C(=O)[C@H]3C4c5ccccc5C(C=Nc5cccc(Cl)c5)(c5ccccc54)[C@H]3C2=O)cc1. The fraction of sp³-hybridized carbons (Fsp3) is 0.156. The third kappa shape index (κ3) is 3.02. The summed E-state index contributed by atoms with van der Waals surface area (Å²) in [5, 5.41) is 0.584. The molecule has 0 aromatic heterocycles. The second kappa shape index (κ2) is 8.40. The van der Waals surface area contributed by atoms with Gasteiger partial charge in [0.1, 0.15) is 5.75 Å². The quantitative estimate of drug-likeness (QED) is 0.235. The van der Waals surface area contributed by atoms with Gasteiger partial charge in [-0.15, -0.1) is 0 Å². The van der Waals surface area contributed by atoms with Crippen LogP contribution in [0.15, 0.2) is 102 Å². The molecule has 1 heterocycles. The van der Waals surface area contributed by atoms with Crippen LogP contribution in [0.3, 0.4) is 0 Å². The molecule has 0 spiro atoms. The Balaban J connectivity index is 1.48. The molecule has 2 atom stereocenters. The van der Waals surface area contributed by atoms with Crippen LogP contribution in [0.1, 0.15) is 28.2 Å². The van der Waals surface area contributed by atoms with Crippen molar-refractivity contribution in [1.29, 1.82) is 0 Å². The zero-order valence-electron chi connectivity index (χ0n) is 20.5. The lowest BCUT2D eigenvalue weighted by atomic mass is 9.47. The first kappa shape index (κ1) is 22.9. The normalized spacial score (nSPS) is 24.9. The fourth-order valence-corrected chi connectivity index (χ4v) is 6.95. The van der Waals surface area contributed by atoms with E-state index < -0.39 is 17.3 Å². The zero-order chi connectivity index (χ0) is 26.0. The van der Waals surface area contributed by atoms with E-state index in [0.29, 0.717) is 22.1 Å². The molecule has 1 aliphatic heterocycles. The number of carbonyl (C=O) groups is 2. The molecule has 2 amide bonds. The minimum atomic E-state index is -0.914. The van der Waals surface area contributed by atoms with Crippen molar-refractivity contribution in [3.63, 3.8) is 0 Å². The molecule has 2 bridgehead atoms. The van der Waals surface area contributed by atoms with Gasteiger partial charge in [0.25, 0.3) is 0 Å². The van der Waals surface area contributed by atoms with Gasteiger partial charge in [-0.05, 0) is 64.7 Å². The third-order valence-corrected chi connectivity index (χ3v) is 8.47. The average Bonchev–Trinajstić information content (AvgIpc) is 3.23. The first-order valence-electron chi connectivity index (χ1n) is 12.6. The molecular weight excluding hydrogens is 496 g/mol. The van der Waals surface area contributed by atoms with Crippen molar-refractivity contribution in [1.82, 2.24) is 0 Å². The Morgan fingerprint density at radius 1 is 0.842 bits per heavy atom. The number of amides is 2. The van der Waals surface area contributed by atoms with Crippen LogP contribution in [-0.4, -0.2) is 25.1 Å². The fourth-order valence-electron chi connectivity index (χ4n) is 6.77. The Labute approximate surface area is 225 Å². The van der Waals surface area contributed by atoms with Gasteiger partial charge in [0, 0.05) is 17.2 Å². The number of halogens is 1. The summed E-state index contributed by atoms with van der Waals surface area (Å²) in [5.74, 6) is -1.12. The van der Waals surface area contributed by atoms with Crippen LogP contribution < -0.4 is 9.64 Å². The zero-order valence-corrected chi connectivity index (χ0v) is 21.3. The van der Waals surface area contributed by atoms with Gasteiger partial charge in [0.2, 0.25) is 11.8 Å². The molecule has 4 aromatic rings. The maximum Gasteiger partial charge on any atom is 0.239 e. The largest absolute Gasteiger partial charge is 0.497 e. The summed E-state index contributed by atoms with van der Waals surface area (Å²) >= 11 is 6.26. The smallest absolute Gasteiger partial charge is 0.239 e. The van der Waals surface area contributed by atoms with Gasteiger partial charge in [0.05, 0.1) is 35.7 Å². The van der Waals surface area contributed by atoms with Gasteiger partial charge >= 0.3 is 0 Å². The number of carbonyl (C=O) groups excluding carboxylic acids is 2. The Morgan fingerprint density at radius 3 is 2.13 bits per heavy atom. The summed E-state index contributed by atoms with van der Waals surface area (Å²) in [6.07, 6.45) is 1.88. The second-order valence-electron chi connectivity index (χ2n) is 9.97. The van der Waals surface area contributed by atoms with Crippen molar-refractivity contribution >= 4 is 41.0 Å². The molecule has 38 heavy (non-hydrogen) atoms. The predicted octanol–water partition coefficient (Wildman–Crippen LogP) is 6.30. The monoisotopic (exact) mass is 518 g/mol. The van der Waals surface area contributed by atoms with Gasteiger partial charge in [-0.1, -0.05) is 66.2 Å². The number of aliphatic imine (C=N–C) groups is 1. The summed E-state index contributed by atoms with van der Waals surface area (Å²) in [6.45, 7) is 0. The average molecular weight is 519 g/mol. The molecule has 0 radical (unpaired) electrons. The molecule has 6 heteroatoms. The Kier molecular flexibility index (Phi) is 5.07. The van der Waals surface area contributed by atoms with Crippen LogP contribution in [0.2, 0.25) is 5.02 Å². The molecule has 1 saturated heterocycles. The van der Waals surface area contributed by atoms with Crippen LogP contribution in [-0.2, 0) is 15.0 Å². The number of anilines is 1. The van der Waals surface area contributed by atoms with E-state index in [0.717, 1.165) is 22.3 Å². The number of hydrogen-bond donors (Lipinski definition) is 0. The predicted molar refractivity (Wildman–Crippen MR) is 148 cm³/mol. The van der Waals surface area contributed by atoms with Crippen molar-refractivity contribution in [2.45, 2.75) is 11.3 Å². The second-order valence-corrected chi connectivity index (χ2v) is 10.4. The van der Waals surface area contributed by atoms with Crippen LogP contribution >= 0.6 is 11.6 Å². The van der Waals surface area contributed by atoms with Crippen LogP contribution in [0.4, 0.5) is 11.4 Å². The summed E-state index contributed by atoms with van der Waals surface area (Å²) in [7, 11) is 1.59. The third-order valence-electron chi connectivity index (χ3n) is 8.24. The molecule has 0 saturated carbocycles. The first-order chi connectivity index (χ1) is 18.5. The lowest BCUT2D eigenvalue weighted by Crippen LogP contribution is -2.54. The summed E-state index contributed by atoms with van der Waals surface area (Å²) in [6, 6.07) is 30.7. The highest BCUT2D eigenvalue weighted by Crippen LogP contribution is 2.63. The van der Waals surface area contributed by atoms with Crippen molar-refractivity contribution in [2.24, 2.45) is 16.8 Å². The van der Waals surface area contributed by atoms with Crippen LogP contribution in [0.5, 0.6) is 5.75 Å². The van der Waals surface area contributed by atoms with E-state index in [1.807, 2.05) is 42.6 Å². The summed E-state index contributed by atoms with van der Waals surface area (Å²) < 4.78 is 5.29. The molecule has 0 N–H and O–H groups in total. The molecule has 4 aromatic carbocycles. The molecule has 4 aliphatic rings. The highest BCUT2D eigenvalue weighted by atomic mass is 35.5. The van der Waals surface area contributed by atoms with Crippen molar-refractivity contribution in [3.05, 3.63) is 124 Å². The molecule has 5 nitrogen and oxygen atoms in total. The van der Waals surface area contributed by atoms with Gasteiger partial charge in [-0.25, -0.2) is 4.90 Å². The van der Waals surface area contributed by atoms with E-state index in [-0.39, 0.29) is 17.7 Å². The Morgan fingerprint density at radius 2 is 1.50 bits per heavy atom. The van der Waals surface area contributed by atoms with E-state index in [2.05, 4.69) is 24.3 Å². The highest BCUT2D eigenvalue weighted by molar-refractivity contribution is 6.30. The highest BCUT2D eigenvalue weighted by Gasteiger charge is 2.67. The number of hydrogen-bond acceptors (Lipinski definition) is 4. The van der Waals surface area contributed by atoms with Gasteiger partial charge < -0.3 is 4.74 Å². The number of nitrogens with zero attached hydrogens (tertiary/aromatic N) is 2. The molecule has 1 fully saturated rings. The van der Waals surface area contributed by atoms with Crippen molar-refractivity contribution < 1.29 is 14.3 Å². The number of ether oxygens (including phenoxy) is 1. The van der Waals surface area contributed by atoms with E-state index in [1.54, 1.807) is 43.5 Å². The summed E-state index contributed by atoms with van der Waals surface area (Å²) in [5.41, 5.74) is 4.51. The molecular formula is C32H23ClN2O3. The number of rotatable bonds is 4. The summed E-state index contributed by atoms with van der Waals surface area (Å²) in [4.78, 5) is 34.8. The van der Waals surface area contributed by atoms with E-state index in [1.165, 1.54) is 4.90 Å². The van der Waals surface area contributed by atoms with E-state index in [9.17, 15) is 9.59 Å². The molecule has 186 valence electrons.